The molecule has 0 fully saturated rings. The van der Waals surface area contributed by atoms with E-state index in [0.29, 0.717) is 6.04 Å². The topological polar surface area (TPSA) is 32.3 Å². The summed E-state index contributed by atoms with van der Waals surface area (Å²) in [7, 11) is 1.92. The summed E-state index contributed by atoms with van der Waals surface area (Å²) in [5.74, 6) is 0. The molecule has 2 heteroatoms. The molecule has 0 spiro atoms. The van der Waals surface area contributed by atoms with Crippen LogP contribution in [-0.4, -0.2) is 12.2 Å². The number of benzene rings is 1. The van der Waals surface area contributed by atoms with Gasteiger partial charge in [0.15, 0.2) is 0 Å². The highest BCUT2D eigenvalue weighted by Crippen LogP contribution is 2.16. The number of rotatable bonds is 3. The molecule has 66 valence electrons. The zero-order chi connectivity index (χ0) is 8.97. The fourth-order valence-electron chi connectivity index (χ4n) is 1.26. The van der Waals surface area contributed by atoms with Crippen molar-refractivity contribution in [3.8, 4) is 0 Å². The Morgan fingerprint density at radius 2 is 2.08 bits per heavy atom. The molecule has 0 aliphatic carbocycles. The van der Waals surface area contributed by atoms with Crippen LogP contribution in [0.5, 0.6) is 0 Å². The maximum Gasteiger partial charge on any atom is 0.0685 e. The van der Waals surface area contributed by atoms with E-state index in [1.807, 2.05) is 31.3 Å². The lowest BCUT2D eigenvalue weighted by Gasteiger charge is -2.13. The van der Waals surface area contributed by atoms with Crippen LogP contribution < -0.4 is 5.32 Å². The van der Waals surface area contributed by atoms with Crippen molar-refractivity contribution in [1.82, 2.24) is 5.32 Å². The highest BCUT2D eigenvalue weighted by molar-refractivity contribution is 5.28. The summed E-state index contributed by atoms with van der Waals surface area (Å²) in [6, 6.07) is 8.21. The Balaban J connectivity index is 2.96. The molecule has 0 saturated heterocycles. The molecule has 0 aliphatic rings. The lowest BCUT2D eigenvalue weighted by molar-refractivity contribution is 0.279. The summed E-state index contributed by atoms with van der Waals surface area (Å²) >= 11 is 0. The third-order valence-electron chi connectivity index (χ3n) is 2.12. The molecule has 0 unspecified atom stereocenters. The predicted octanol–water partition coefficient (Wildman–Crippen LogP) is 1.46. The number of aliphatic hydroxyl groups is 1. The van der Waals surface area contributed by atoms with Crippen LogP contribution in [0.4, 0.5) is 0 Å². The average molecular weight is 165 g/mol. The summed E-state index contributed by atoms with van der Waals surface area (Å²) in [6.07, 6.45) is 0. The quantitative estimate of drug-likeness (QED) is 0.710. The molecule has 1 aromatic carbocycles. The molecule has 0 amide bonds. The summed E-state index contributed by atoms with van der Waals surface area (Å²) in [5, 5.41) is 12.2. The van der Waals surface area contributed by atoms with Crippen molar-refractivity contribution in [2.75, 3.05) is 7.05 Å². The third kappa shape index (κ3) is 1.84. The van der Waals surface area contributed by atoms with E-state index in [9.17, 15) is 0 Å². The van der Waals surface area contributed by atoms with Crippen LogP contribution in [0.3, 0.4) is 0 Å². The summed E-state index contributed by atoms with van der Waals surface area (Å²) in [4.78, 5) is 0. The van der Waals surface area contributed by atoms with Gasteiger partial charge in [-0.25, -0.2) is 0 Å². The van der Waals surface area contributed by atoms with Crippen molar-refractivity contribution in [3.63, 3.8) is 0 Å². The first-order valence-electron chi connectivity index (χ1n) is 4.15. The Morgan fingerprint density at radius 3 is 2.67 bits per heavy atom. The van der Waals surface area contributed by atoms with Crippen molar-refractivity contribution in [1.29, 1.82) is 0 Å². The number of hydrogen-bond acceptors (Lipinski definition) is 2. The summed E-state index contributed by atoms with van der Waals surface area (Å²) < 4.78 is 0. The van der Waals surface area contributed by atoms with Gasteiger partial charge in [-0.15, -0.1) is 0 Å². The Morgan fingerprint density at radius 1 is 1.42 bits per heavy atom. The maximum atomic E-state index is 9.04. The van der Waals surface area contributed by atoms with Gasteiger partial charge in [0.1, 0.15) is 0 Å². The smallest absolute Gasteiger partial charge is 0.0685 e. The van der Waals surface area contributed by atoms with Gasteiger partial charge in [-0.1, -0.05) is 24.3 Å². The van der Waals surface area contributed by atoms with Crippen LogP contribution >= 0.6 is 0 Å². The molecule has 2 nitrogen and oxygen atoms in total. The second kappa shape index (κ2) is 4.24. The normalized spacial score (nSPS) is 12.9. The fraction of sp³-hybridized carbons (Fsp3) is 0.400. The SMILES string of the molecule is CN[C@@H](C)c1ccccc1CO. The Hall–Kier alpha value is -0.860. The van der Waals surface area contributed by atoms with E-state index in [4.69, 9.17) is 5.11 Å². The number of aliphatic hydroxyl groups excluding tert-OH is 1. The highest BCUT2D eigenvalue weighted by Gasteiger charge is 2.05. The Kier molecular flexibility index (Phi) is 3.26. The molecule has 0 bridgehead atoms. The van der Waals surface area contributed by atoms with Gasteiger partial charge >= 0.3 is 0 Å². The van der Waals surface area contributed by atoms with E-state index >= 15 is 0 Å². The van der Waals surface area contributed by atoms with Crippen molar-refractivity contribution in [3.05, 3.63) is 35.4 Å². The standard InChI is InChI=1S/C10H15NO/c1-8(11-2)10-6-4-3-5-9(10)7-12/h3-6,8,11-12H,7H2,1-2H3/t8-/m0/s1. The van der Waals surface area contributed by atoms with Crippen LogP contribution in [-0.2, 0) is 6.61 Å². The molecule has 2 N–H and O–H groups in total. The van der Waals surface area contributed by atoms with Crippen molar-refractivity contribution < 1.29 is 5.11 Å². The lowest BCUT2D eigenvalue weighted by Crippen LogP contribution is -2.14. The summed E-state index contributed by atoms with van der Waals surface area (Å²) in [6.45, 7) is 2.19. The van der Waals surface area contributed by atoms with Gasteiger partial charge in [0.05, 0.1) is 6.61 Å². The Bertz CT molecular complexity index is 247. The van der Waals surface area contributed by atoms with Gasteiger partial charge < -0.3 is 10.4 Å². The van der Waals surface area contributed by atoms with E-state index in [1.165, 1.54) is 5.56 Å². The van der Waals surface area contributed by atoms with Crippen molar-refractivity contribution in [2.24, 2.45) is 0 Å². The van der Waals surface area contributed by atoms with Crippen LogP contribution in [0.2, 0.25) is 0 Å². The molecule has 12 heavy (non-hydrogen) atoms. The minimum Gasteiger partial charge on any atom is -0.392 e. The first-order chi connectivity index (χ1) is 5.79. The van der Waals surface area contributed by atoms with Gasteiger partial charge in [0, 0.05) is 6.04 Å². The third-order valence-corrected chi connectivity index (χ3v) is 2.12. The van der Waals surface area contributed by atoms with Gasteiger partial charge in [0.2, 0.25) is 0 Å². The van der Waals surface area contributed by atoms with Crippen LogP contribution in [0, 0.1) is 0 Å². The molecule has 0 heterocycles. The molecule has 1 aromatic rings. The van der Waals surface area contributed by atoms with E-state index in [1.54, 1.807) is 0 Å². The molecular weight excluding hydrogens is 150 g/mol. The Labute approximate surface area is 73.2 Å². The molecule has 0 radical (unpaired) electrons. The van der Waals surface area contributed by atoms with E-state index in [2.05, 4.69) is 12.2 Å². The van der Waals surface area contributed by atoms with Crippen molar-refractivity contribution >= 4 is 0 Å². The van der Waals surface area contributed by atoms with Gasteiger partial charge in [0.25, 0.3) is 0 Å². The average Bonchev–Trinajstić information content (AvgIpc) is 2.16. The number of hydrogen-bond donors (Lipinski definition) is 2. The number of nitrogens with one attached hydrogen (secondary N) is 1. The van der Waals surface area contributed by atoms with E-state index < -0.39 is 0 Å². The van der Waals surface area contributed by atoms with Crippen LogP contribution in [0.15, 0.2) is 24.3 Å². The van der Waals surface area contributed by atoms with Gasteiger partial charge in [-0.2, -0.15) is 0 Å². The highest BCUT2D eigenvalue weighted by atomic mass is 16.3. The minimum absolute atomic E-state index is 0.113. The summed E-state index contributed by atoms with van der Waals surface area (Å²) in [5.41, 5.74) is 2.17. The maximum absolute atomic E-state index is 9.04. The van der Waals surface area contributed by atoms with Crippen LogP contribution in [0.1, 0.15) is 24.1 Å². The fourth-order valence-corrected chi connectivity index (χ4v) is 1.26. The second-order valence-corrected chi connectivity index (χ2v) is 2.87. The lowest BCUT2D eigenvalue weighted by atomic mass is 10.0. The first kappa shape index (κ1) is 9.23. The molecule has 1 atom stereocenters. The van der Waals surface area contributed by atoms with Gasteiger partial charge in [-0.3, -0.25) is 0 Å². The zero-order valence-electron chi connectivity index (χ0n) is 7.54. The molecular formula is C10H15NO. The molecule has 0 aliphatic heterocycles. The zero-order valence-corrected chi connectivity index (χ0v) is 7.54. The second-order valence-electron chi connectivity index (χ2n) is 2.87. The predicted molar refractivity (Wildman–Crippen MR) is 49.8 cm³/mol. The molecule has 1 rings (SSSR count). The largest absolute Gasteiger partial charge is 0.392 e. The molecule has 0 aromatic heterocycles. The monoisotopic (exact) mass is 165 g/mol. The minimum atomic E-state index is 0.113. The van der Waals surface area contributed by atoms with Crippen molar-refractivity contribution in [2.45, 2.75) is 19.6 Å². The molecule has 0 saturated carbocycles. The van der Waals surface area contributed by atoms with Crippen LogP contribution in [0.25, 0.3) is 0 Å². The van der Waals surface area contributed by atoms with E-state index in [0.717, 1.165) is 5.56 Å². The van der Waals surface area contributed by atoms with E-state index in [-0.39, 0.29) is 6.61 Å². The first-order valence-corrected chi connectivity index (χ1v) is 4.15. The van der Waals surface area contributed by atoms with Gasteiger partial charge in [-0.05, 0) is 25.1 Å².